The fourth-order valence-electron chi connectivity index (χ4n) is 6.61. The van der Waals surface area contributed by atoms with Gasteiger partial charge in [0.1, 0.15) is 0 Å². The summed E-state index contributed by atoms with van der Waals surface area (Å²) in [7, 11) is 0. The maximum absolute atomic E-state index is 12.3. The molecule has 0 rings (SSSR count). The molecule has 0 spiro atoms. The lowest BCUT2D eigenvalue weighted by Crippen LogP contribution is -2.45. The van der Waals surface area contributed by atoms with Crippen LogP contribution in [0.25, 0.3) is 0 Å². The van der Waals surface area contributed by atoms with Gasteiger partial charge >= 0.3 is 5.97 Å². The summed E-state index contributed by atoms with van der Waals surface area (Å²) in [5, 5.41) is 23.0. The van der Waals surface area contributed by atoms with Crippen molar-refractivity contribution in [3.05, 3.63) is 36.5 Å². The van der Waals surface area contributed by atoms with Crippen LogP contribution in [0.4, 0.5) is 0 Å². The van der Waals surface area contributed by atoms with Crippen molar-refractivity contribution in [2.75, 3.05) is 13.2 Å². The summed E-state index contributed by atoms with van der Waals surface area (Å²) in [4.78, 5) is 24.4. The second-order valence-electron chi connectivity index (χ2n) is 15.4. The van der Waals surface area contributed by atoms with Gasteiger partial charge < -0.3 is 20.3 Å². The average Bonchev–Trinajstić information content (AvgIpc) is 3.16. The van der Waals surface area contributed by atoms with Crippen molar-refractivity contribution in [1.82, 2.24) is 5.32 Å². The first-order valence-electron chi connectivity index (χ1n) is 22.7. The monoisotopic (exact) mass is 746 g/mol. The first-order valence-corrected chi connectivity index (χ1v) is 22.7. The van der Waals surface area contributed by atoms with Gasteiger partial charge in [0.2, 0.25) is 5.91 Å². The number of carbonyl (C=O) groups is 2. The number of aliphatic hydroxyl groups excluding tert-OH is 2. The Bertz CT molecular complexity index is 869. The number of rotatable bonds is 41. The molecule has 0 aromatic heterocycles. The van der Waals surface area contributed by atoms with E-state index in [0.29, 0.717) is 25.9 Å². The predicted molar refractivity (Wildman–Crippen MR) is 227 cm³/mol. The Kier molecular flexibility index (Phi) is 41.3. The zero-order chi connectivity index (χ0) is 38.7. The van der Waals surface area contributed by atoms with Gasteiger partial charge in [-0.25, -0.2) is 0 Å². The number of allylic oxidation sites excluding steroid dienone is 6. The largest absolute Gasteiger partial charge is 0.466 e. The van der Waals surface area contributed by atoms with Gasteiger partial charge in [0, 0.05) is 12.8 Å². The fourth-order valence-corrected chi connectivity index (χ4v) is 6.61. The van der Waals surface area contributed by atoms with Crippen LogP contribution >= 0.6 is 0 Å². The van der Waals surface area contributed by atoms with Crippen LogP contribution in [-0.2, 0) is 14.3 Å². The van der Waals surface area contributed by atoms with E-state index in [-0.39, 0.29) is 18.5 Å². The van der Waals surface area contributed by atoms with Gasteiger partial charge in [0.25, 0.3) is 0 Å². The molecule has 6 nitrogen and oxygen atoms in total. The smallest absolute Gasteiger partial charge is 0.305 e. The highest BCUT2D eigenvalue weighted by atomic mass is 16.5. The Morgan fingerprint density at radius 3 is 1.53 bits per heavy atom. The molecule has 3 N–H and O–H groups in total. The van der Waals surface area contributed by atoms with E-state index >= 15 is 0 Å². The summed E-state index contributed by atoms with van der Waals surface area (Å²) in [6, 6.07) is -0.578. The Hall–Kier alpha value is -1.92. The molecule has 0 aliphatic heterocycles. The molecular weight excluding hydrogens is 659 g/mol. The lowest BCUT2D eigenvalue weighted by Gasteiger charge is -2.22. The normalized spacial score (nSPS) is 13.1. The van der Waals surface area contributed by atoms with Crippen molar-refractivity contribution in [3.8, 4) is 0 Å². The van der Waals surface area contributed by atoms with Crippen LogP contribution in [-0.4, -0.2) is 47.4 Å². The molecule has 0 aromatic rings. The quantitative estimate of drug-likeness (QED) is 0.0329. The molecule has 53 heavy (non-hydrogen) atoms. The molecule has 310 valence electrons. The van der Waals surface area contributed by atoms with E-state index in [4.69, 9.17) is 4.74 Å². The third-order valence-electron chi connectivity index (χ3n) is 10.2. The number of unbranched alkanes of at least 4 members (excludes halogenated alkanes) is 24. The van der Waals surface area contributed by atoms with E-state index in [1.807, 2.05) is 0 Å². The number of esters is 1. The van der Waals surface area contributed by atoms with Crippen LogP contribution in [0.3, 0.4) is 0 Å². The van der Waals surface area contributed by atoms with Gasteiger partial charge in [-0.3, -0.25) is 9.59 Å². The van der Waals surface area contributed by atoms with Crippen molar-refractivity contribution in [2.24, 2.45) is 0 Å². The molecule has 2 atom stereocenters. The van der Waals surface area contributed by atoms with Gasteiger partial charge in [-0.05, 0) is 77.0 Å². The maximum atomic E-state index is 12.3. The molecule has 1 amide bonds. The van der Waals surface area contributed by atoms with Crippen molar-refractivity contribution in [1.29, 1.82) is 0 Å². The zero-order valence-electron chi connectivity index (χ0n) is 35.0. The minimum atomic E-state index is -0.694. The number of aliphatic hydroxyl groups is 2. The number of amides is 1. The third-order valence-corrected chi connectivity index (χ3v) is 10.2. The zero-order valence-corrected chi connectivity index (χ0v) is 35.0. The summed E-state index contributed by atoms with van der Waals surface area (Å²) in [6.07, 6.45) is 49.6. The lowest BCUT2D eigenvalue weighted by atomic mass is 10.0. The molecule has 0 bridgehead atoms. The molecule has 0 heterocycles. The van der Waals surface area contributed by atoms with Gasteiger partial charge in [-0.1, -0.05) is 172 Å². The average molecular weight is 746 g/mol. The molecule has 0 saturated heterocycles. The van der Waals surface area contributed by atoms with Crippen molar-refractivity contribution < 1.29 is 24.5 Å². The summed E-state index contributed by atoms with van der Waals surface area (Å²) in [6.45, 7) is 4.80. The van der Waals surface area contributed by atoms with Crippen LogP contribution in [0.5, 0.6) is 0 Å². The molecule has 0 fully saturated rings. The van der Waals surface area contributed by atoms with Crippen molar-refractivity contribution in [3.63, 3.8) is 0 Å². The molecule has 0 saturated carbocycles. The molecule has 0 radical (unpaired) electrons. The molecule has 2 unspecified atom stereocenters. The van der Waals surface area contributed by atoms with Crippen molar-refractivity contribution in [2.45, 2.75) is 238 Å². The first-order chi connectivity index (χ1) is 26.0. The SMILES string of the molecule is CCCCC/C=C\C/C=C\CCCCCCCCCC(=O)OCCCCCC/C=C\CCCC(=O)NC(CO)C(O)CCCCCCCCCCCC. The van der Waals surface area contributed by atoms with E-state index in [2.05, 4.69) is 55.6 Å². The van der Waals surface area contributed by atoms with Crippen LogP contribution in [0.2, 0.25) is 0 Å². The standard InChI is InChI=1S/C47H87NO5/c1-3-5-7-9-11-13-15-16-17-18-19-20-21-25-29-33-37-41-47(52)53-42-38-34-30-26-22-24-28-32-36-40-46(51)48-44(43-49)45(50)39-35-31-27-23-14-12-10-8-6-4-2/h11,13,16-17,24,28,44-45,49-50H,3-10,12,14-15,18-23,25-27,29-43H2,1-2H3,(H,48,51)/b13-11-,17-16-,28-24-. The Labute approximate surface area is 328 Å². The highest BCUT2D eigenvalue weighted by molar-refractivity contribution is 5.76. The predicted octanol–water partition coefficient (Wildman–Crippen LogP) is 12.9. The Balaban J connectivity index is 3.54. The maximum Gasteiger partial charge on any atom is 0.305 e. The fraction of sp³-hybridized carbons (Fsp3) is 0.830. The number of hydrogen-bond acceptors (Lipinski definition) is 5. The lowest BCUT2D eigenvalue weighted by molar-refractivity contribution is -0.143. The number of ether oxygens (including phenoxy) is 1. The van der Waals surface area contributed by atoms with E-state index in [0.717, 1.165) is 77.0 Å². The molecule has 0 aliphatic carbocycles. The highest BCUT2D eigenvalue weighted by Crippen LogP contribution is 2.14. The molecule has 0 aromatic carbocycles. The van der Waals surface area contributed by atoms with E-state index in [1.54, 1.807) is 0 Å². The number of nitrogens with one attached hydrogen (secondary N) is 1. The Morgan fingerprint density at radius 1 is 0.528 bits per heavy atom. The molecular formula is C47H87NO5. The summed E-state index contributed by atoms with van der Waals surface area (Å²) in [5.74, 6) is -0.145. The molecule has 0 aliphatic rings. The third kappa shape index (κ3) is 39.6. The topological polar surface area (TPSA) is 95.9 Å². The van der Waals surface area contributed by atoms with Gasteiger partial charge in [-0.2, -0.15) is 0 Å². The van der Waals surface area contributed by atoms with E-state index < -0.39 is 12.1 Å². The van der Waals surface area contributed by atoms with Gasteiger partial charge in [0.05, 0.1) is 25.4 Å². The minimum Gasteiger partial charge on any atom is -0.466 e. The van der Waals surface area contributed by atoms with Crippen LogP contribution in [0.15, 0.2) is 36.5 Å². The number of hydrogen-bond donors (Lipinski definition) is 3. The summed E-state index contributed by atoms with van der Waals surface area (Å²) >= 11 is 0. The second kappa shape index (κ2) is 42.8. The summed E-state index contributed by atoms with van der Waals surface area (Å²) < 4.78 is 5.43. The first kappa shape index (κ1) is 51.1. The highest BCUT2D eigenvalue weighted by Gasteiger charge is 2.19. The number of carbonyl (C=O) groups excluding carboxylic acids is 2. The van der Waals surface area contributed by atoms with Crippen LogP contribution < -0.4 is 5.32 Å². The van der Waals surface area contributed by atoms with Gasteiger partial charge in [-0.15, -0.1) is 0 Å². The van der Waals surface area contributed by atoms with Crippen LogP contribution in [0, 0.1) is 0 Å². The van der Waals surface area contributed by atoms with Gasteiger partial charge in [0.15, 0.2) is 0 Å². The second-order valence-corrected chi connectivity index (χ2v) is 15.4. The van der Waals surface area contributed by atoms with E-state index in [1.165, 1.54) is 116 Å². The van der Waals surface area contributed by atoms with Crippen LogP contribution in [0.1, 0.15) is 226 Å². The molecule has 6 heteroatoms. The Morgan fingerprint density at radius 2 is 0.962 bits per heavy atom. The van der Waals surface area contributed by atoms with Crippen molar-refractivity contribution >= 4 is 11.9 Å². The van der Waals surface area contributed by atoms with E-state index in [9.17, 15) is 19.8 Å². The summed E-state index contributed by atoms with van der Waals surface area (Å²) in [5.41, 5.74) is 0. The minimum absolute atomic E-state index is 0.0448.